The van der Waals surface area contributed by atoms with Crippen LogP contribution in [0.1, 0.15) is 0 Å². The molecule has 0 saturated heterocycles. The zero-order valence-electron chi connectivity index (χ0n) is 8.25. The second-order valence-electron chi connectivity index (χ2n) is 3.02. The lowest BCUT2D eigenvalue weighted by molar-refractivity contribution is 0.0215. The largest absolute Gasteiger partial charge is 0.399 e. The molecule has 0 bridgehead atoms. The average molecular weight is 216 g/mol. The summed E-state index contributed by atoms with van der Waals surface area (Å²) in [7, 11) is 0. The topological polar surface area (TPSA) is 47.3 Å². The number of nitrogens with one attached hydrogen (secondary N) is 1. The van der Waals surface area contributed by atoms with E-state index in [1.807, 2.05) is 12.1 Å². The third kappa shape index (κ3) is 5.17. The van der Waals surface area contributed by atoms with Crippen molar-refractivity contribution in [2.24, 2.45) is 0 Å². The van der Waals surface area contributed by atoms with Crippen LogP contribution < -0.4 is 11.1 Å². The molecule has 0 aliphatic carbocycles. The summed E-state index contributed by atoms with van der Waals surface area (Å²) in [5.74, 6) is 0. The summed E-state index contributed by atoms with van der Waals surface area (Å²) >= 11 is 0. The number of hydrogen-bond donors (Lipinski definition) is 2. The molecule has 0 aliphatic rings. The Kier molecular flexibility index (Phi) is 4.83. The fraction of sp³-hybridized carbons (Fsp3) is 0.400. The van der Waals surface area contributed by atoms with Gasteiger partial charge in [-0.25, -0.2) is 8.78 Å². The second kappa shape index (κ2) is 6.19. The third-order valence-electron chi connectivity index (χ3n) is 1.71. The van der Waals surface area contributed by atoms with Crippen molar-refractivity contribution in [2.45, 2.75) is 6.43 Å². The Morgan fingerprint density at radius 1 is 1.40 bits per heavy atom. The van der Waals surface area contributed by atoms with Crippen molar-refractivity contribution in [3.8, 4) is 0 Å². The fourth-order valence-corrected chi connectivity index (χ4v) is 1.09. The molecule has 0 saturated carbocycles. The Hall–Kier alpha value is -1.36. The molecule has 0 aromatic heterocycles. The number of benzene rings is 1. The van der Waals surface area contributed by atoms with Crippen molar-refractivity contribution < 1.29 is 13.5 Å². The minimum absolute atomic E-state index is 0.249. The van der Waals surface area contributed by atoms with Crippen molar-refractivity contribution in [1.29, 1.82) is 0 Å². The van der Waals surface area contributed by atoms with Gasteiger partial charge in [-0.3, -0.25) is 0 Å². The lowest BCUT2D eigenvalue weighted by atomic mass is 10.3. The van der Waals surface area contributed by atoms with E-state index < -0.39 is 13.0 Å². The van der Waals surface area contributed by atoms with E-state index in [1.54, 1.807) is 12.1 Å². The van der Waals surface area contributed by atoms with Crippen LogP contribution in [-0.4, -0.2) is 26.2 Å². The van der Waals surface area contributed by atoms with Crippen LogP contribution in [0.3, 0.4) is 0 Å². The number of anilines is 2. The molecule has 3 nitrogen and oxygen atoms in total. The monoisotopic (exact) mass is 216 g/mol. The molecule has 1 aromatic carbocycles. The summed E-state index contributed by atoms with van der Waals surface area (Å²) in [6.07, 6.45) is -2.41. The molecule has 84 valence electrons. The number of hydrogen-bond acceptors (Lipinski definition) is 3. The predicted molar refractivity (Wildman–Crippen MR) is 56.2 cm³/mol. The number of ether oxygens (including phenoxy) is 1. The first-order chi connectivity index (χ1) is 7.18. The Morgan fingerprint density at radius 3 is 2.87 bits per heavy atom. The van der Waals surface area contributed by atoms with Gasteiger partial charge >= 0.3 is 0 Å². The van der Waals surface area contributed by atoms with E-state index in [-0.39, 0.29) is 6.61 Å². The molecular formula is C10H14F2N2O. The Labute approximate surface area is 87.2 Å². The SMILES string of the molecule is Nc1cccc(NCCOCC(F)F)c1. The van der Waals surface area contributed by atoms with Gasteiger partial charge in [-0.2, -0.15) is 0 Å². The molecule has 0 unspecified atom stereocenters. The molecule has 0 spiro atoms. The molecular weight excluding hydrogens is 202 g/mol. The Balaban J connectivity index is 2.15. The number of halogens is 2. The van der Waals surface area contributed by atoms with Crippen molar-refractivity contribution in [3.05, 3.63) is 24.3 Å². The van der Waals surface area contributed by atoms with E-state index >= 15 is 0 Å². The quantitative estimate of drug-likeness (QED) is 0.564. The number of nitrogens with two attached hydrogens (primary N) is 1. The van der Waals surface area contributed by atoms with Gasteiger partial charge in [0.25, 0.3) is 6.43 Å². The molecule has 15 heavy (non-hydrogen) atoms. The van der Waals surface area contributed by atoms with E-state index in [2.05, 4.69) is 5.32 Å². The van der Waals surface area contributed by atoms with Crippen molar-refractivity contribution in [1.82, 2.24) is 0 Å². The highest BCUT2D eigenvalue weighted by Gasteiger charge is 2.00. The van der Waals surface area contributed by atoms with Gasteiger partial charge in [0, 0.05) is 17.9 Å². The fourth-order valence-electron chi connectivity index (χ4n) is 1.09. The highest BCUT2D eigenvalue weighted by atomic mass is 19.3. The molecule has 0 heterocycles. The van der Waals surface area contributed by atoms with Crippen LogP contribution in [0.2, 0.25) is 0 Å². The van der Waals surface area contributed by atoms with E-state index in [4.69, 9.17) is 10.5 Å². The van der Waals surface area contributed by atoms with Crippen LogP contribution in [0.15, 0.2) is 24.3 Å². The summed E-state index contributed by atoms with van der Waals surface area (Å²) in [6, 6.07) is 7.22. The normalized spacial score (nSPS) is 10.6. The molecule has 0 fully saturated rings. The molecule has 3 N–H and O–H groups in total. The maximum absolute atomic E-state index is 11.7. The van der Waals surface area contributed by atoms with E-state index in [0.29, 0.717) is 12.2 Å². The first-order valence-electron chi connectivity index (χ1n) is 4.64. The zero-order chi connectivity index (χ0) is 11.1. The molecule has 0 radical (unpaired) electrons. The third-order valence-corrected chi connectivity index (χ3v) is 1.71. The van der Waals surface area contributed by atoms with E-state index in [9.17, 15) is 8.78 Å². The van der Waals surface area contributed by atoms with Gasteiger partial charge in [0.2, 0.25) is 0 Å². The van der Waals surface area contributed by atoms with Crippen molar-refractivity contribution in [2.75, 3.05) is 30.8 Å². The summed E-state index contributed by atoms with van der Waals surface area (Å²) in [5, 5.41) is 3.01. The van der Waals surface area contributed by atoms with Gasteiger partial charge in [0.05, 0.1) is 6.61 Å². The molecule has 0 atom stereocenters. The Morgan fingerprint density at radius 2 is 2.20 bits per heavy atom. The van der Waals surface area contributed by atoms with Gasteiger partial charge in [-0.15, -0.1) is 0 Å². The molecule has 5 heteroatoms. The maximum atomic E-state index is 11.7. The van der Waals surface area contributed by atoms with Gasteiger partial charge < -0.3 is 15.8 Å². The lowest BCUT2D eigenvalue weighted by Gasteiger charge is -2.07. The standard InChI is InChI=1S/C10H14F2N2O/c11-10(12)7-15-5-4-14-9-3-1-2-8(13)6-9/h1-3,6,10,14H,4-5,7,13H2. The van der Waals surface area contributed by atoms with Gasteiger partial charge in [-0.1, -0.05) is 6.07 Å². The van der Waals surface area contributed by atoms with Crippen LogP contribution >= 0.6 is 0 Å². The summed E-state index contributed by atoms with van der Waals surface area (Å²) in [4.78, 5) is 0. The number of nitrogen functional groups attached to an aromatic ring is 1. The summed E-state index contributed by atoms with van der Waals surface area (Å²) < 4.78 is 28.1. The van der Waals surface area contributed by atoms with Crippen LogP contribution in [0, 0.1) is 0 Å². The Bertz CT molecular complexity index is 295. The van der Waals surface area contributed by atoms with Crippen LogP contribution in [-0.2, 0) is 4.74 Å². The second-order valence-corrected chi connectivity index (χ2v) is 3.02. The minimum atomic E-state index is -2.41. The van der Waals surface area contributed by atoms with Crippen LogP contribution in [0.25, 0.3) is 0 Å². The van der Waals surface area contributed by atoms with Crippen LogP contribution in [0.4, 0.5) is 20.2 Å². The summed E-state index contributed by atoms with van der Waals surface area (Å²) in [6.45, 7) is 0.216. The first-order valence-corrected chi connectivity index (χ1v) is 4.64. The smallest absolute Gasteiger partial charge is 0.261 e. The van der Waals surface area contributed by atoms with Crippen LogP contribution in [0.5, 0.6) is 0 Å². The van der Waals surface area contributed by atoms with Gasteiger partial charge in [0.15, 0.2) is 0 Å². The predicted octanol–water partition coefficient (Wildman–Crippen LogP) is 1.96. The molecule has 1 aromatic rings. The number of rotatable bonds is 6. The lowest BCUT2D eigenvalue weighted by Crippen LogP contribution is -2.13. The minimum Gasteiger partial charge on any atom is -0.399 e. The van der Waals surface area contributed by atoms with Crippen molar-refractivity contribution in [3.63, 3.8) is 0 Å². The van der Waals surface area contributed by atoms with E-state index in [1.165, 1.54) is 0 Å². The van der Waals surface area contributed by atoms with Gasteiger partial charge in [0.1, 0.15) is 6.61 Å². The molecule has 0 amide bonds. The first kappa shape index (κ1) is 11.7. The number of alkyl halides is 2. The highest BCUT2D eigenvalue weighted by molar-refractivity contribution is 5.53. The summed E-state index contributed by atoms with van der Waals surface area (Å²) in [5.41, 5.74) is 7.08. The van der Waals surface area contributed by atoms with E-state index in [0.717, 1.165) is 5.69 Å². The molecule has 0 aliphatic heterocycles. The highest BCUT2D eigenvalue weighted by Crippen LogP contribution is 2.10. The van der Waals surface area contributed by atoms with Crippen molar-refractivity contribution >= 4 is 11.4 Å². The maximum Gasteiger partial charge on any atom is 0.261 e. The van der Waals surface area contributed by atoms with Gasteiger partial charge in [-0.05, 0) is 18.2 Å². The zero-order valence-corrected chi connectivity index (χ0v) is 8.25. The molecule has 1 rings (SSSR count). The average Bonchev–Trinajstić information content (AvgIpc) is 2.17.